The van der Waals surface area contributed by atoms with Crippen LogP contribution in [0.15, 0.2) is 42.5 Å². The van der Waals surface area contributed by atoms with Crippen molar-refractivity contribution in [3.63, 3.8) is 0 Å². The molecule has 0 spiro atoms. The minimum atomic E-state index is -0.195. The van der Waals surface area contributed by atoms with Gasteiger partial charge in [-0.15, -0.1) is 0 Å². The number of carbonyl (C=O) groups is 1. The first-order chi connectivity index (χ1) is 9.65. The summed E-state index contributed by atoms with van der Waals surface area (Å²) in [5, 5.41) is 5.85. The van der Waals surface area contributed by atoms with Crippen LogP contribution in [0.2, 0.25) is 0 Å². The molecule has 3 rings (SSSR count). The summed E-state index contributed by atoms with van der Waals surface area (Å²) >= 11 is 0. The molecule has 0 aromatic heterocycles. The Balaban J connectivity index is 1.86. The van der Waals surface area contributed by atoms with E-state index in [1.165, 1.54) is 16.3 Å². The lowest BCUT2D eigenvalue weighted by atomic mass is 9.99. The zero-order chi connectivity index (χ0) is 14.1. The summed E-state index contributed by atoms with van der Waals surface area (Å²) < 4.78 is 5.20. The molecule has 1 aliphatic heterocycles. The molecular formula is C17H19NO2. The van der Waals surface area contributed by atoms with Crippen LogP contribution in [-0.4, -0.2) is 18.1 Å². The first-order valence-electron chi connectivity index (χ1n) is 7.09. The molecule has 3 heteroatoms. The van der Waals surface area contributed by atoms with Crippen molar-refractivity contribution in [2.24, 2.45) is 0 Å². The summed E-state index contributed by atoms with van der Waals surface area (Å²) in [4.78, 5) is 11.7. The lowest BCUT2D eigenvalue weighted by Gasteiger charge is -2.19. The molecule has 20 heavy (non-hydrogen) atoms. The van der Waals surface area contributed by atoms with Gasteiger partial charge in [-0.25, -0.2) is 0 Å². The molecule has 3 unspecified atom stereocenters. The van der Waals surface area contributed by atoms with Gasteiger partial charge in [-0.05, 0) is 30.2 Å². The highest BCUT2D eigenvalue weighted by Crippen LogP contribution is 2.26. The number of rotatable bonds is 3. The molecule has 2 aromatic carbocycles. The van der Waals surface area contributed by atoms with Crippen LogP contribution < -0.4 is 5.32 Å². The van der Waals surface area contributed by atoms with Crippen molar-refractivity contribution in [1.29, 1.82) is 0 Å². The number of benzene rings is 2. The van der Waals surface area contributed by atoms with Crippen molar-refractivity contribution in [2.45, 2.75) is 38.5 Å². The second kappa shape index (κ2) is 5.25. The van der Waals surface area contributed by atoms with Crippen LogP contribution in [0.3, 0.4) is 0 Å². The Morgan fingerprint density at radius 3 is 2.70 bits per heavy atom. The van der Waals surface area contributed by atoms with E-state index < -0.39 is 0 Å². The fourth-order valence-corrected chi connectivity index (χ4v) is 2.91. The molecule has 1 saturated heterocycles. The molecule has 3 atom stereocenters. The number of hydrogen-bond acceptors (Lipinski definition) is 3. The monoisotopic (exact) mass is 269 g/mol. The first kappa shape index (κ1) is 13.1. The number of hydrogen-bond donors (Lipinski definition) is 1. The maximum Gasteiger partial charge on any atom is 0.323 e. The van der Waals surface area contributed by atoms with Crippen molar-refractivity contribution in [1.82, 2.24) is 5.32 Å². The van der Waals surface area contributed by atoms with Gasteiger partial charge in [0.2, 0.25) is 0 Å². The standard InChI is InChI=1S/C17H19NO2/c1-11-10-16(17(19)20-11)18-12(2)14-9-5-7-13-6-3-4-8-15(13)14/h3-9,11-12,16,18H,10H2,1-2H3. The summed E-state index contributed by atoms with van der Waals surface area (Å²) in [6.45, 7) is 4.03. The molecule has 1 fully saturated rings. The van der Waals surface area contributed by atoms with Crippen molar-refractivity contribution in [3.05, 3.63) is 48.0 Å². The van der Waals surface area contributed by atoms with Crippen LogP contribution in [-0.2, 0) is 9.53 Å². The van der Waals surface area contributed by atoms with Crippen LogP contribution in [0.4, 0.5) is 0 Å². The molecule has 0 amide bonds. The van der Waals surface area contributed by atoms with E-state index in [-0.39, 0.29) is 24.2 Å². The summed E-state index contributed by atoms with van der Waals surface area (Å²) in [6.07, 6.45) is 0.758. The molecule has 1 heterocycles. The number of fused-ring (bicyclic) bond motifs is 1. The van der Waals surface area contributed by atoms with Gasteiger partial charge in [0, 0.05) is 12.5 Å². The lowest BCUT2D eigenvalue weighted by molar-refractivity contribution is -0.142. The van der Waals surface area contributed by atoms with Crippen molar-refractivity contribution in [3.8, 4) is 0 Å². The Morgan fingerprint density at radius 2 is 1.95 bits per heavy atom. The largest absolute Gasteiger partial charge is 0.461 e. The summed E-state index contributed by atoms with van der Waals surface area (Å²) in [5.41, 5.74) is 1.22. The van der Waals surface area contributed by atoms with E-state index in [1.54, 1.807) is 0 Å². The molecule has 2 aromatic rings. The smallest absolute Gasteiger partial charge is 0.323 e. The highest BCUT2D eigenvalue weighted by molar-refractivity contribution is 5.86. The molecule has 3 nitrogen and oxygen atoms in total. The van der Waals surface area contributed by atoms with Gasteiger partial charge in [-0.3, -0.25) is 10.1 Å². The minimum absolute atomic E-state index is 0.0136. The van der Waals surface area contributed by atoms with Crippen molar-refractivity contribution >= 4 is 16.7 Å². The summed E-state index contributed by atoms with van der Waals surface area (Å²) in [6, 6.07) is 14.5. The van der Waals surface area contributed by atoms with Crippen LogP contribution in [0, 0.1) is 0 Å². The van der Waals surface area contributed by atoms with Crippen LogP contribution in [0.5, 0.6) is 0 Å². The van der Waals surface area contributed by atoms with Gasteiger partial charge in [-0.1, -0.05) is 42.5 Å². The predicted octanol–water partition coefficient (Wildman–Crippen LogP) is 3.19. The Labute approximate surface area is 118 Å². The average molecular weight is 269 g/mol. The fraction of sp³-hybridized carbons (Fsp3) is 0.353. The third-order valence-corrected chi connectivity index (χ3v) is 3.91. The van der Waals surface area contributed by atoms with Gasteiger partial charge < -0.3 is 4.74 Å². The zero-order valence-corrected chi connectivity index (χ0v) is 11.8. The molecule has 1 aliphatic rings. The fourth-order valence-electron chi connectivity index (χ4n) is 2.91. The molecule has 0 radical (unpaired) electrons. The Morgan fingerprint density at radius 1 is 1.20 bits per heavy atom. The zero-order valence-electron chi connectivity index (χ0n) is 11.8. The Kier molecular flexibility index (Phi) is 3.45. The van der Waals surface area contributed by atoms with Gasteiger partial charge in [0.1, 0.15) is 12.1 Å². The maximum absolute atomic E-state index is 11.7. The van der Waals surface area contributed by atoms with Crippen LogP contribution in [0.1, 0.15) is 31.9 Å². The average Bonchev–Trinajstić information content (AvgIpc) is 2.76. The van der Waals surface area contributed by atoms with Gasteiger partial charge >= 0.3 is 5.97 Å². The quantitative estimate of drug-likeness (QED) is 0.870. The highest BCUT2D eigenvalue weighted by Gasteiger charge is 2.32. The summed E-state index contributed by atoms with van der Waals surface area (Å²) in [7, 11) is 0. The van der Waals surface area contributed by atoms with Crippen molar-refractivity contribution < 1.29 is 9.53 Å². The van der Waals surface area contributed by atoms with Gasteiger partial charge in [0.15, 0.2) is 0 Å². The topological polar surface area (TPSA) is 38.3 Å². The third-order valence-electron chi connectivity index (χ3n) is 3.91. The molecule has 0 aliphatic carbocycles. The Hall–Kier alpha value is -1.87. The molecule has 104 valence electrons. The van der Waals surface area contributed by atoms with E-state index in [1.807, 2.05) is 19.1 Å². The summed E-state index contributed by atoms with van der Waals surface area (Å²) in [5.74, 6) is -0.135. The number of cyclic esters (lactones) is 1. The van der Waals surface area contributed by atoms with E-state index in [0.29, 0.717) is 0 Å². The van der Waals surface area contributed by atoms with Crippen molar-refractivity contribution in [2.75, 3.05) is 0 Å². The highest BCUT2D eigenvalue weighted by atomic mass is 16.6. The second-order valence-electron chi connectivity index (χ2n) is 5.49. The molecule has 1 N–H and O–H groups in total. The van der Waals surface area contributed by atoms with Gasteiger partial charge in [-0.2, -0.15) is 0 Å². The van der Waals surface area contributed by atoms with E-state index in [4.69, 9.17) is 4.74 Å². The van der Waals surface area contributed by atoms with Gasteiger partial charge in [0.25, 0.3) is 0 Å². The second-order valence-corrected chi connectivity index (χ2v) is 5.49. The maximum atomic E-state index is 11.7. The van der Waals surface area contributed by atoms with E-state index in [9.17, 15) is 4.79 Å². The lowest BCUT2D eigenvalue weighted by Crippen LogP contribution is -2.35. The number of ether oxygens (including phenoxy) is 1. The first-order valence-corrected chi connectivity index (χ1v) is 7.09. The van der Waals surface area contributed by atoms with Crippen LogP contribution >= 0.6 is 0 Å². The van der Waals surface area contributed by atoms with E-state index >= 15 is 0 Å². The normalized spacial score (nSPS) is 23.8. The minimum Gasteiger partial charge on any atom is -0.461 e. The van der Waals surface area contributed by atoms with Crippen LogP contribution in [0.25, 0.3) is 10.8 Å². The number of esters is 1. The van der Waals surface area contributed by atoms with E-state index in [0.717, 1.165) is 6.42 Å². The Bertz CT molecular complexity index is 632. The number of carbonyl (C=O) groups excluding carboxylic acids is 1. The third kappa shape index (κ3) is 2.41. The molecular weight excluding hydrogens is 250 g/mol. The SMILES string of the molecule is CC1CC(NC(C)c2cccc3ccccc23)C(=O)O1. The van der Waals surface area contributed by atoms with E-state index in [2.05, 4.69) is 42.6 Å². The molecule has 0 bridgehead atoms. The number of nitrogens with one attached hydrogen (secondary N) is 1. The van der Waals surface area contributed by atoms with Gasteiger partial charge in [0.05, 0.1) is 0 Å². The molecule has 0 saturated carbocycles. The predicted molar refractivity (Wildman–Crippen MR) is 79.5 cm³/mol.